The normalized spacial score (nSPS) is 11.7. The molecule has 0 amide bonds. The number of rotatable bonds is 5. The van der Waals surface area contributed by atoms with E-state index in [1.165, 1.54) is 32.9 Å². The molecular formula is C45H30N4. The topological polar surface area (TPSA) is 27.2 Å². The van der Waals surface area contributed by atoms with Crippen molar-refractivity contribution in [3.8, 4) is 45.0 Å². The summed E-state index contributed by atoms with van der Waals surface area (Å²) in [6.45, 7) is 0. The van der Waals surface area contributed by atoms with Crippen molar-refractivity contribution in [2.75, 3.05) is 0 Å². The lowest BCUT2D eigenvalue weighted by atomic mass is 9.98. The number of para-hydroxylation sites is 5. The fourth-order valence-electron chi connectivity index (χ4n) is 7.49. The van der Waals surface area contributed by atoms with E-state index in [4.69, 9.17) is 4.98 Å². The summed E-state index contributed by atoms with van der Waals surface area (Å²) in [6, 6.07) is 64.8. The van der Waals surface area contributed by atoms with Crippen LogP contribution in [0.1, 0.15) is 0 Å². The molecule has 0 saturated carbocycles. The molecule has 3 aromatic heterocycles. The van der Waals surface area contributed by atoms with Crippen LogP contribution >= 0.6 is 0 Å². The molecule has 0 spiro atoms. The molecule has 230 valence electrons. The zero-order chi connectivity index (χ0) is 32.3. The maximum atomic E-state index is 5.55. The van der Waals surface area contributed by atoms with Gasteiger partial charge in [0, 0.05) is 33.3 Å². The van der Waals surface area contributed by atoms with E-state index in [-0.39, 0.29) is 0 Å². The van der Waals surface area contributed by atoms with Crippen LogP contribution in [-0.4, -0.2) is 18.5 Å². The minimum atomic E-state index is 0.884. The summed E-state index contributed by atoms with van der Waals surface area (Å²) in [5.74, 6) is 0.884. The number of hydrogen-bond donors (Lipinski definition) is 0. The quantitative estimate of drug-likeness (QED) is 0.187. The van der Waals surface area contributed by atoms with Gasteiger partial charge in [-0.25, -0.2) is 4.98 Å². The molecule has 4 nitrogen and oxygen atoms in total. The highest BCUT2D eigenvalue weighted by Gasteiger charge is 2.24. The molecule has 0 bridgehead atoms. The molecule has 0 N–H and O–H groups in total. The van der Waals surface area contributed by atoms with Gasteiger partial charge in [-0.2, -0.15) is 0 Å². The van der Waals surface area contributed by atoms with E-state index in [0.29, 0.717) is 0 Å². The Morgan fingerprint density at radius 2 is 0.918 bits per heavy atom. The highest BCUT2D eigenvalue weighted by molar-refractivity contribution is 6.10. The third-order valence-electron chi connectivity index (χ3n) is 9.64. The van der Waals surface area contributed by atoms with Crippen LogP contribution < -0.4 is 0 Å². The van der Waals surface area contributed by atoms with Crippen molar-refractivity contribution in [1.29, 1.82) is 0 Å². The second kappa shape index (κ2) is 11.0. The predicted molar refractivity (Wildman–Crippen MR) is 203 cm³/mol. The fraction of sp³-hybridized carbons (Fsp3) is 0. The summed E-state index contributed by atoms with van der Waals surface area (Å²) in [7, 11) is 0. The van der Waals surface area contributed by atoms with Crippen molar-refractivity contribution < 1.29 is 0 Å². The van der Waals surface area contributed by atoms with Crippen LogP contribution in [-0.2, 0) is 0 Å². The Hall–Kier alpha value is -6.65. The smallest absolute Gasteiger partial charge is 0.220 e. The molecule has 0 fully saturated rings. The van der Waals surface area contributed by atoms with E-state index in [9.17, 15) is 0 Å². The van der Waals surface area contributed by atoms with Gasteiger partial charge in [0.25, 0.3) is 0 Å². The molecule has 0 atom stereocenters. The minimum Gasteiger partial charge on any atom is -0.309 e. The summed E-state index contributed by atoms with van der Waals surface area (Å²) in [5, 5.41) is 2.42. The van der Waals surface area contributed by atoms with Crippen molar-refractivity contribution >= 4 is 38.6 Å². The zero-order valence-corrected chi connectivity index (χ0v) is 26.6. The Kier molecular flexibility index (Phi) is 6.15. The Morgan fingerprint density at radius 1 is 0.347 bits per heavy atom. The lowest BCUT2D eigenvalue weighted by Crippen LogP contribution is -1.94. The van der Waals surface area contributed by atoms with Gasteiger partial charge in [-0.15, -0.1) is 0 Å². The van der Waals surface area contributed by atoms with E-state index in [1.54, 1.807) is 0 Å². The van der Waals surface area contributed by atoms with Crippen LogP contribution in [0.3, 0.4) is 0 Å². The van der Waals surface area contributed by atoms with Crippen LogP contribution in [0.15, 0.2) is 182 Å². The van der Waals surface area contributed by atoms with Crippen molar-refractivity contribution in [1.82, 2.24) is 18.5 Å². The summed E-state index contributed by atoms with van der Waals surface area (Å²) >= 11 is 0. The van der Waals surface area contributed by atoms with Gasteiger partial charge in [-0.05, 0) is 71.8 Å². The molecule has 0 aliphatic heterocycles. The molecule has 4 heteroatoms. The maximum absolute atomic E-state index is 5.55. The molecule has 0 saturated heterocycles. The highest BCUT2D eigenvalue weighted by Crippen LogP contribution is 2.41. The fourth-order valence-corrected chi connectivity index (χ4v) is 7.49. The standard InChI is InChI=1S/C45H30N4/c1-4-15-31(16-5-1)32-17-14-18-34(29-32)44-43(46-45-48(36-21-8-3-9-22-36)41-25-12-13-26-42(41)49(44)45)33-27-28-40-38(30-33)37-23-10-11-24-39(37)47(40)35-19-6-2-7-20-35/h1-30H. The Labute approximate surface area is 283 Å². The number of imidazole rings is 2. The number of hydrogen-bond acceptors (Lipinski definition) is 1. The third kappa shape index (κ3) is 4.28. The number of fused-ring (bicyclic) bond motifs is 6. The first-order chi connectivity index (χ1) is 24.3. The van der Waals surface area contributed by atoms with Crippen LogP contribution in [0.25, 0.3) is 83.6 Å². The van der Waals surface area contributed by atoms with E-state index in [2.05, 4.69) is 196 Å². The average molecular weight is 627 g/mol. The summed E-state index contributed by atoms with van der Waals surface area (Å²) in [6.07, 6.45) is 0. The van der Waals surface area contributed by atoms with Crippen molar-refractivity contribution in [3.63, 3.8) is 0 Å². The predicted octanol–water partition coefficient (Wildman–Crippen LogP) is 11.4. The summed E-state index contributed by atoms with van der Waals surface area (Å²) in [5.41, 5.74) is 13.4. The van der Waals surface area contributed by atoms with Gasteiger partial charge in [0.05, 0.1) is 33.5 Å². The molecule has 10 rings (SSSR count). The van der Waals surface area contributed by atoms with E-state index in [1.807, 2.05) is 0 Å². The van der Waals surface area contributed by atoms with Crippen LogP contribution in [0.4, 0.5) is 0 Å². The minimum absolute atomic E-state index is 0.884. The first-order valence-corrected chi connectivity index (χ1v) is 16.7. The van der Waals surface area contributed by atoms with Crippen molar-refractivity contribution in [2.24, 2.45) is 0 Å². The Morgan fingerprint density at radius 3 is 1.67 bits per heavy atom. The summed E-state index contributed by atoms with van der Waals surface area (Å²) < 4.78 is 6.99. The summed E-state index contributed by atoms with van der Waals surface area (Å²) in [4.78, 5) is 5.55. The van der Waals surface area contributed by atoms with E-state index in [0.717, 1.165) is 50.7 Å². The average Bonchev–Trinajstić information content (AvgIpc) is 3.83. The van der Waals surface area contributed by atoms with E-state index >= 15 is 0 Å². The van der Waals surface area contributed by atoms with Crippen molar-refractivity contribution in [2.45, 2.75) is 0 Å². The molecular weight excluding hydrogens is 597 g/mol. The van der Waals surface area contributed by atoms with Crippen LogP contribution in [0.5, 0.6) is 0 Å². The Bertz CT molecular complexity index is 2800. The molecule has 0 unspecified atom stereocenters. The SMILES string of the molecule is c1ccc(-c2cccc(-c3c(-c4ccc5c(c4)c4ccccc4n5-c4ccccc4)nc4n(-c5ccccc5)c5ccccc5n34)c2)cc1. The maximum Gasteiger partial charge on any atom is 0.220 e. The van der Waals surface area contributed by atoms with E-state index < -0.39 is 0 Å². The number of nitrogens with zero attached hydrogens (tertiary/aromatic N) is 4. The molecule has 3 heterocycles. The van der Waals surface area contributed by atoms with Gasteiger partial charge in [-0.3, -0.25) is 8.97 Å². The lowest BCUT2D eigenvalue weighted by molar-refractivity contribution is 1.10. The second-order valence-electron chi connectivity index (χ2n) is 12.5. The first kappa shape index (κ1) is 27.5. The van der Waals surface area contributed by atoms with Gasteiger partial charge >= 0.3 is 0 Å². The molecule has 0 aliphatic carbocycles. The molecule has 0 aliphatic rings. The van der Waals surface area contributed by atoms with Gasteiger partial charge in [0.2, 0.25) is 5.78 Å². The van der Waals surface area contributed by atoms with Crippen LogP contribution in [0.2, 0.25) is 0 Å². The van der Waals surface area contributed by atoms with Gasteiger partial charge in [0.1, 0.15) is 0 Å². The molecule has 49 heavy (non-hydrogen) atoms. The third-order valence-corrected chi connectivity index (χ3v) is 9.64. The highest BCUT2D eigenvalue weighted by atomic mass is 15.2. The van der Waals surface area contributed by atoms with Gasteiger partial charge in [-0.1, -0.05) is 121 Å². The second-order valence-corrected chi connectivity index (χ2v) is 12.5. The first-order valence-electron chi connectivity index (χ1n) is 16.7. The van der Waals surface area contributed by atoms with Crippen molar-refractivity contribution in [3.05, 3.63) is 182 Å². The molecule has 7 aromatic carbocycles. The monoisotopic (exact) mass is 626 g/mol. The lowest BCUT2D eigenvalue weighted by Gasteiger charge is -2.10. The zero-order valence-electron chi connectivity index (χ0n) is 26.6. The number of benzene rings is 7. The molecule has 0 radical (unpaired) electrons. The molecule has 10 aromatic rings. The largest absolute Gasteiger partial charge is 0.309 e. The van der Waals surface area contributed by atoms with Gasteiger partial charge < -0.3 is 4.57 Å². The van der Waals surface area contributed by atoms with Crippen LogP contribution in [0, 0.1) is 0 Å². The number of aromatic nitrogens is 4. The Balaban J connectivity index is 1.30. The van der Waals surface area contributed by atoms with Gasteiger partial charge in [0.15, 0.2) is 0 Å².